The Bertz CT molecular complexity index is 364. The second kappa shape index (κ2) is 3.31. The Morgan fingerprint density at radius 2 is 2.21 bits per heavy atom. The molecule has 1 amide bonds. The number of amides is 1. The molecule has 0 radical (unpaired) electrons. The van der Waals surface area contributed by atoms with Gasteiger partial charge in [0.25, 0.3) is 0 Å². The van der Waals surface area contributed by atoms with Gasteiger partial charge in [-0.3, -0.25) is 9.80 Å². The summed E-state index contributed by atoms with van der Waals surface area (Å²) in [5, 5.41) is 4.37. The number of fused-ring (bicyclic) bond motifs is 1. The Morgan fingerprint density at radius 1 is 1.50 bits per heavy atom. The lowest BCUT2D eigenvalue weighted by molar-refractivity contribution is -0.117. The molecule has 0 fully saturated rings. The zero-order valence-electron chi connectivity index (χ0n) is 8.03. The second-order valence-corrected chi connectivity index (χ2v) is 3.34. The van der Waals surface area contributed by atoms with Crippen LogP contribution in [-0.2, 0) is 4.79 Å². The summed E-state index contributed by atoms with van der Waals surface area (Å²) >= 11 is 0. The first-order chi connectivity index (χ1) is 6.74. The van der Waals surface area contributed by atoms with E-state index in [2.05, 4.69) is 5.32 Å². The van der Waals surface area contributed by atoms with Crippen LogP contribution in [0.1, 0.15) is 13.3 Å². The maximum atomic E-state index is 11.6. The molecule has 4 nitrogen and oxygen atoms in total. The minimum Gasteiger partial charge on any atom is -0.322 e. The Morgan fingerprint density at radius 3 is 2.93 bits per heavy atom. The van der Waals surface area contributed by atoms with Crippen LogP contribution >= 0.6 is 0 Å². The molecule has 4 heteroatoms. The van der Waals surface area contributed by atoms with E-state index in [-0.39, 0.29) is 11.9 Å². The summed E-state index contributed by atoms with van der Waals surface area (Å²) in [6.45, 7) is 1.94. The Labute approximate surface area is 82.7 Å². The third-order valence-electron chi connectivity index (χ3n) is 2.47. The van der Waals surface area contributed by atoms with Crippen LogP contribution in [0, 0.1) is 0 Å². The van der Waals surface area contributed by atoms with Crippen LogP contribution in [0.2, 0.25) is 0 Å². The van der Waals surface area contributed by atoms with Crippen molar-refractivity contribution in [1.29, 1.82) is 0 Å². The van der Waals surface area contributed by atoms with Crippen molar-refractivity contribution in [3.63, 3.8) is 0 Å². The summed E-state index contributed by atoms with van der Waals surface area (Å²) in [7, 11) is 0. The molecule has 0 bridgehead atoms. The van der Waals surface area contributed by atoms with E-state index in [1.165, 1.54) is 5.01 Å². The molecule has 0 aromatic heterocycles. The minimum absolute atomic E-state index is 0.0336. The van der Waals surface area contributed by atoms with Gasteiger partial charge in [-0.25, -0.2) is 5.84 Å². The van der Waals surface area contributed by atoms with E-state index < -0.39 is 0 Å². The lowest BCUT2D eigenvalue weighted by Crippen LogP contribution is -2.51. The van der Waals surface area contributed by atoms with Crippen molar-refractivity contribution in [2.45, 2.75) is 19.4 Å². The van der Waals surface area contributed by atoms with E-state index in [4.69, 9.17) is 5.84 Å². The predicted octanol–water partition coefficient (Wildman–Crippen LogP) is 1.10. The van der Waals surface area contributed by atoms with Crippen LogP contribution in [0.25, 0.3) is 0 Å². The van der Waals surface area contributed by atoms with Crippen LogP contribution in [0.15, 0.2) is 24.3 Å². The molecular formula is C10H13N3O. The molecule has 1 heterocycles. The lowest BCUT2D eigenvalue weighted by Gasteiger charge is -2.33. The highest BCUT2D eigenvalue weighted by molar-refractivity contribution is 6.03. The van der Waals surface area contributed by atoms with Crippen LogP contribution < -0.4 is 16.2 Å². The van der Waals surface area contributed by atoms with Crippen molar-refractivity contribution in [3.8, 4) is 0 Å². The van der Waals surface area contributed by atoms with Crippen LogP contribution in [0.3, 0.4) is 0 Å². The van der Waals surface area contributed by atoms with Gasteiger partial charge in [-0.05, 0) is 18.6 Å². The average molecular weight is 191 g/mol. The average Bonchev–Trinajstić information content (AvgIpc) is 2.18. The molecule has 14 heavy (non-hydrogen) atoms. The van der Waals surface area contributed by atoms with Gasteiger partial charge in [-0.15, -0.1) is 0 Å². The summed E-state index contributed by atoms with van der Waals surface area (Å²) in [4.78, 5) is 11.6. The van der Waals surface area contributed by atoms with Gasteiger partial charge in [0, 0.05) is 0 Å². The number of benzene rings is 1. The standard InChI is InChI=1S/C10H13N3O/c1-2-8-10(14)12-7-5-3-4-6-9(7)13(8)11/h3-6,8H,2,11H2,1H3,(H,12,14). The zero-order chi connectivity index (χ0) is 10.1. The molecule has 1 aliphatic heterocycles. The summed E-state index contributed by atoms with van der Waals surface area (Å²) in [5.74, 6) is 5.83. The second-order valence-electron chi connectivity index (χ2n) is 3.34. The number of anilines is 2. The van der Waals surface area contributed by atoms with Crippen molar-refractivity contribution in [3.05, 3.63) is 24.3 Å². The van der Waals surface area contributed by atoms with Crippen LogP contribution in [-0.4, -0.2) is 11.9 Å². The van der Waals surface area contributed by atoms with Crippen molar-refractivity contribution in [1.82, 2.24) is 0 Å². The zero-order valence-corrected chi connectivity index (χ0v) is 8.03. The first-order valence-corrected chi connectivity index (χ1v) is 4.68. The number of hydrogen-bond acceptors (Lipinski definition) is 3. The number of hydrogen-bond donors (Lipinski definition) is 2. The minimum atomic E-state index is -0.259. The highest BCUT2D eigenvalue weighted by Gasteiger charge is 2.29. The highest BCUT2D eigenvalue weighted by Crippen LogP contribution is 2.29. The number of para-hydroxylation sites is 2. The van der Waals surface area contributed by atoms with Crippen molar-refractivity contribution in [2.75, 3.05) is 10.3 Å². The summed E-state index contributed by atoms with van der Waals surface area (Å²) in [6, 6.07) is 7.27. The first kappa shape index (κ1) is 9.02. The molecule has 1 aliphatic rings. The molecule has 3 N–H and O–H groups in total. The first-order valence-electron chi connectivity index (χ1n) is 4.68. The van der Waals surface area contributed by atoms with E-state index in [1.807, 2.05) is 31.2 Å². The fourth-order valence-electron chi connectivity index (χ4n) is 1.70. The molecule has 0 saturated heterocycles. The van der Waals surface area contributed by atoms with Gasteiger partial charge in [0.05, 0.1) is 11.4 Å². The maximum Gasteiger partial charge on any atom is 0.248 e. The Balaban J connectivity index is 2.43. The maximum absolute atomic E-state index is 11.6. The predicted molar refractivity (Wildman–Crippen MR) is 55.8 cm³/mol. The van der Waals surface area contributed by atoms with Crippen LogP contribution in [0.5, 0.6) is 0 Å². The topological polar surface area (TPSA) is 58.4 Å². The summed E-state index contributed by atoms with van der Waals surface area (Å²) < 4.78 is 0. The lowest BCUT2D eigenvalue weighted by atomic mass is 10.1. The van der Waals surface area contributed by atoms with Gasteiger partial charge in [-0.1, -0.05) is 19.1 Å². The molecule has 2 rings (SSSR count). The largest absolute Gasteiger partial charge is 0.322 e. The Hall–Kier alpha value is -1.55. The van der Waals surface area contributed by atoms with E-state index >= 15 is 0 Å². The van der Waals surface area contributed by atoms with Crippen molar-refractivity contribution < 1.29 is 4.79 Å². The molecule has 1 unspecified atom stereocenters. The fourth-order valence-corrected chi connectivity index (χ4v) is 1.70. The number of nitrogens with two attached hydrogens (primary N) is 1. The number of carbonyl (C=O) groups excluding carboxylic acids is 1. The van der Waals surface area contributed by atoms with Gasteiger partial charge >= 0.3 is 0 Å². The number of nitrogens with one attached hydrogen (secondary N) is 1. The molecule has 0 spiro atoms. The molecule has 1 aromatic carbocycles. The van der Waals surface area contributed by atoms with Crippen molar-refractivity contribution in [2.24, 2.45) is 5.84 Å². The van der Waals surface area contributed by atoms with E-state index in [1.54, 1.807) is 0 Å². The monoisotopic (exact) mass is 191 g/mol. The van der Waals surface area contributed by atoms with Crippen molar-refractivity contribution >= 4 is 17.3 Å². The number of rotatable bonds is 1. The summed E-state index contributed by atoms with van der Waals surface area (Å²) in [5.41, 5.74) is 1.66. The molecule has 1 aromatic rings. The Kier molecular flexibility index (Phi) is 2.13. The number of carbonyl (C=O) groups is 1. The smallest absolute Gasteiger partial charge is 0.248 e. The fraction of sp³-hybridized carbons (Fsp3) is 0.300. The number of hydrazine groups is 1. The molecule has 0 aliphatic carbocycles. The SMILES string of the molecule is CCC1C(=O)Nc2ccccc2N1N. The molecule has 74 valence electrons. The normalized spacial score (nSPS) is 20.3. The highest BCUT2D eigenvalue weighted by atomic mass is 16.2. The van der Waals surface area contributed by atoms with Gasteiger partial charge < -0.3 is 5.32 Å². The van der Waals surface area contributed by atoms with Gasteiger partial charge in [0.15, 0.2) is 0 Å². The molecular weight excluding hydrogens is 178 g/mol. The van der Waals surface area contributed by atoms with Gasteiger partial charge in [0.1, 0.15) is 6.04 Å². The summed E-state index contributed by atoms with van der Waals surface area (Å²) in [6.07, 6.45) is 0.705. The quantitative estimate of drug-likeness (QED) is 0.653. The van der Waals surface area contributed by atoms with Gasteiger partial charge in [0.2, 0.25) is 5.91 Å². The third-order valence-corrected chi connectivity index (χ3v) is 2.47. The van der Waals surface area contributed by atoms with Gasteiger partial charge in [-0.2, -0.15) is 0 Å². The van der Waals surface area contributed by atoms with E-state index in [0.29, 0.717) is 6.42 Å². The molecule has 1 atom stereocenters. The van der Waals surface area contributed by atoms with Crippen LogP contribution in [0.4, 0.5) is 11.4 Å². The third kappa shape index (κ3) is 1.24. The molecule has 0 saturated carbocycles. The number of nitrogens with zero attached hydrogens (tertiary/aromatic N) is 1. The van der Waals surface area contributed by atoms with E-state index in [9.17, 15) is 4.79 Å². The van der Waals surface area contributed by atoms with E-state index in [0.717, 1.165) is 11.4 Å².